The molecule has 23 nitrogen and oxygen atoms in total. The molecule has 4 aliphatic rings. The van der Waals surface area contributed by atoms with Gasteiger partial charge >= 0.3 is 0 Å². The number of aliphatic hydroxyl groups excluding tert-OH is 1. The summed E-state index contributed by atoms with van der Waals surface area (Å²) in [5.74, 6) is 3.07. The molecule has 4 fully saturated rings. The summed E-state index contributed by atoms with van der Waals surface area (Å²) in [4.78, 5) is 118. The van der Waals surface area contributed by atoms with Crippen molar-refractivity contribution in [3.05, 3.63) is 293 Å². The molecular formula is C98H116N8O15. The molecule has 8 amide bonds. The maximum Gasteiger partial charge on any atom is 0.262 e. The molecule has 4 heterocycles. The van der Waals surface area contributed by atoms with E-state index >= 15 is 0 Å². The summed E-state index contributed by atoms with van der Waals surface area (Å²) in [6.07, 6.45) is 6.20. The predicted molar refractivity (Wildman–Crippen MR) is 465 cm³/mol. The maximum absolute atomic E-state index is 13.4. The zero-order chi connectivity index (χ0) is 86.5. The lowest BCUT2D eigenvalue weighted by Crippen LogP contribution is -2.47. The lowest BCUT2D eigenvalue weighted by atomic mass is 10.0. The van der Waals surface area contributed by atoms with Gasteiger partial charge in [0.05, 0.1) is 28.4 Å². The molecule has 4 saturated heterocycles. The maximum atomic E-state index is 13.4. The number of carbonyl (C=O) groups is 8. The van der Waals surface area contributed by atoms with Crippen molar-refractivity contribution in [3.8, 4) is 28.7 Å². The average Bonchev–Trinajstić information content (AvgIpc) is 1.65. The lowest BCUT2D eigenvalue weighted by Gasteiger charge is -2.30. The van der Waals surface area contributed by atoms with Crippen molar-refractivity contribution in [2.45, 2.75) is 172 Å². The van der Waals surface area contributed by atoms with Gasteiger partial charge in [0.1, 0.15) is 77.6 Å². The Balaban J connectivity index is 0.000000170. The van der Waals surface area contributed by atoms with E-state index in [1.54, 1.807) is 90.8 Å². The molecule has 638 valence electrons. The molecule has 8 atom stereocenters. The third-order valence-corrected chi connectivity index (χ3v) is 22.8. The predicted octanol–water partition coefficient (Wildman–Crippen LogP) is 12.5. The molecule has 4 aliphatic heterocycles. The Hall–Kier alpha value is -12.3. The fourth-order valence-electron chi connectivity index (χ4n) is 16.3. The first-order chi connectivity index (χ1) is 58.5. The minimum atomic E-state index is -1.55. The summed E-state index contributed by atoms with van der Waals surface area (Å²) in [6.45, 7) is 3.42. The molecule has 0 aliphatic carbocycles. The van der Waals surface area contributed by atoms with Gasteiger partial charge in [0, 0.05) is 80.1 Å². The number of amides is 8. The highest BCUT2D eigenvalue weighted by atomic mass is 16.5. The van der Waals surface area contributed by atoms with E-state index in [1.807, 2.05) is 231 Å². The van der Waals surface area contributed by atoms with Gasteiger partial charge in [-0.1, -0.05) is 195 Å². The van der Waals surface area contributed by atoms with Crippen molar-refractivity contribution >= 4 is 47.3 Å². The molecule has 121 heavy (non-hydrogen) atoms. The highest BCUT2D eigenvalue weighted by Gasteiger charge is 2.50. The summed E-state index contributed by atoms with van der Waals surface area (Å²) in [6, 6.07) is 78.0. The summed E-state index contributed by atoms with van der Waals surface area (Å²) < 4.78 is 26.6. The third kappa shape index (κ3) is 24.7. The van der Waals surface area contributed by atoms with Crippen LogP contribution >= 0.6 is 0 Å². The van der Waals surface area contributed by atoms with Crippen molar-refractivity contribution in [1.82, 2.24) is 39.2 Å². The standard InChI is InChI=1S/C28H30N2O4.C24H30N2O5.C24H30N2O3.C22H26N2O3/c1-29-26(18-15-21-9-5-3-6-10-21)30(27(31)20-34-24-11-7-4-8-12-24)25(28(29)32)19-22-13-16-23(33-2)17-14-22;1-25-21(13-10-17-6-4-3-5-7-17)26(22(27)14-15-23(28)29)20(24(25)30)16-18-8-11-19(31-2)12-9-18;1-4-8-23(27)26-21(17-19-11-14-20(29-3)15-12-19)24(28)25(2)22(26)16-13-18-9-6-5-7-10-18;1-16(25)24-20(15-18-9-12-19(27-3)13-10-18)22(26)23(2)21(24)14-11-17-7-5-4-6-8-17/h3-14,16-17,25-26H,15,18-20H2,1-2H3;3-9,11-12,20-21,23,28-29H,10,13-16H2,1-2H3;5-7,9-12,14-15,21-22H,4,8,13,16-17H2,1-3H3;4-10,12-13,20-21H,11,14-15H2,1-3H3. The van der Waals surface area contributed by atoms with E-state index in [9.17, 15) is 48.6 Å². The molecule has 0 bridgehead atoms. The first-order valence-electron chi connectivity index (χ1n) is 41.5. The Labute approximate surface area is 711 Å². The van der Waals surface area contributed by atoms with E-state index in [0.717, 1.165) is 95.8 Å². The Kier molecular flexibility index (Phi) is 34.0. The van der Waals surface area contributed by atoms with E-state index in [2.05, 4.69) is 36.4 Å². The van der Waals surface area contributed by atoms with Gasteiger partial charge in [-0.05, 0) is 163 Å². The van der Waals surface area contributed by atoms with Crippen LogP contribution in [0, 0.1) is 0 Å². The molecule has 9 aromatic carbocycles. The number of aliphatic hydroxyl groups is 2. The second-order valence-corrected chi connectivity index (χ2v) is 30.8. The van der Waals surface area contributed by atoms with Crippen LogP contribution in [-0.4, -0.2) is 215 Å². The number of aryl methyl sites for hydroxylation is 4. The van der Waals surface area contributed by atoms with Gasteiger partial charge in [-0.25, -0.2) is 0 Å². The van der Waals surface area contributed by atoms with Crippen LogP contribution in [-0.2, 0) is 89.7 Å². The van der Waals surface area contributed by atoms with E-state index in [4.69, 9.17) is 23.7 Å². The first kappa shape index (κ1) is 91.0. The molecule has 8 unspecified atom stereocenters. The second-order valence-electron chi connectivity index (χ2n) is 30.8. The number of benzene rings is 9. The molecule has 9 aromatic rings. The Morgan fingerprint density at radius 1 is 0.322 bits per heavy atom. The van der Waals surface area contributed by atoms with Crippen molar-refractivity contribution in [1.29, 1.82) is 0 Å². The molecule has 0 saturated carbocycles. The second kappa shape index (κ2) is 45.2. The molecule has 0 radical (unpaired) electrons. The Bertz CT molecular complexity index is 4770. The van der Waals surface area contributed by atoms with Crippen LogP contribution in [0.25, 0.3) is 0 Å². The fourth-order valence-corrected chi connectivity index (χ4v) is 16.3. The first-order valence-corrected chi connectivity index (χ1v) is 41.5. The lowest BCUT2D eigenvalue weighted by molar-refractivity contribution is -0.139. The number of likely N-dealkylation sites (N-methyl/N-ethyl adjacent to an activating group) is 4. The van der Waals surface area contributed by atoms with E-state index in [0.29, 0.717) is 50.7 Å². The van der Waals surface area contributed by atoms with Crippen LogP contribution in [0.5, 0.6) is 28.7 Å². The van der Waals surface area contributed by atoms with Crippen LogP contribution in [0.3, 0.4) is 0 Å². The normalized spacial score (nSPS) is 18.6. The van der Waals surface area contributed by atoms with Gasteiger partial charge in [-0.15, -0.1) is 0 Å². The van der Waals surface area contributed by atoms with Gasteiger partial charge in [-0.3, -0.25) is 38.4 Å². The molecule has 2 N–H and O–H groups in total. The van der Waals surface area contributed by atoms with Crippen LogP contribution in [0.4, 0.5) is 0 Å². The van der Waals surface area contributed by atoms with Gasteiger partial charge in [-0.2, -0.15) is 0 Å². The van der Waals surface area contributed by atoms with E-state index in [-0.39, 0.29) is 91.4 Å². The molecule has 0 aromatic heterocycles. The molecule has 23 heteroatoms. The van der Waals surface area contributed by atoms with Gasteiger partial charge in [0.25, 0.3) is 5.91 Å². The van der Waals surface area contributed by atoms with E-state index in [1.165, 1.54) is 16.7 Å². The Morgan fingerprint density at radius 3 is 0.826 bits per heavy atom. The van der Waals surface area contributed by atoms with Crippen LogP contribution in [0.15, 0.2) is 249 Å². The van der Waals surface area contributed by atoms with Crippen molar-refractivity contribution in [2.75, 3.05) is 63.2 Å². The third-order valence-electron chi connectivity index (χ3n) is 22.8. The summed E-state index contributed by atoms with van der Waals surface area (Å²) in [7, 11) is 13.6. The zero-order valence-corrected chi connectivity index (χ0v) is 71.2. The number of para-hydroxylation sites is 1. The minimum absolute atomic E-state index is 0.000852. The highest BCUT2D eigenvalue weighted by molar-refractivity contribution is 5.94. The largest absolute Gasteiger partial charge is 0.497 e. The number of ether oxygens (including phenoxy) is 5. The summed E-state index contributed by atoms with van der Waals surface area (Å²) >= 11 is 0. The number of nitrogens with zero attached hydrogens (tertiary/aromatic N) is 8. The quantitative estimate of drug-likeness (QED) is 0.0372. The monoisotopic (exact) mass is 1640 g/mol. The molecule has 0 spiro atoms. The van der Waals surface area contributed by atoms with Gasteiger partial charge in [0.15, 0.2) is 12.9 Å². The summed E-state index contributed by atoms with van der Waals surface area (Å²) in [5.41, 5.74) is 8.67. The van der Waals surface area contributed by atoms with Gasteiger partial charge in [0.2, 0.25) is 41.4 Å². The summed E-state index contributed by atoms with van der Waals surface area (Å²) in [5, 5.41) is 18.4. The number of methoxy groups -OCH3 is 4. The molecular weight excluding hydrogens is 1530 g/mol. The van der Waals surface area contributed by atoms with Crippen molar-refractivity contribution in [3.63, 3.8) is 0 Å². The number of hydrogen-bond donors (Lipinski definition) is 2. The zero-order valence-electron chi connectivity index (χ0n) is 71.2. The van der Waals surface area contributed by atoms with Crippen LogP contribution in [0.2, 0.25) is 0 Å². The molecule has 13 rings (SSSR count). The fraction of sp³-hybridized carbons (Fsp3) is 0.367. The van der Waals surface area contributed by atoms with E-state index < -0.39 is 30.5 Å². The van der Waals surface area contributed by atoms with Gasteiger partial charge < -0.3 is 73.1 Å². The minimum Gasteiger partial charge on any atom is -0.497 e. The van der Waals surface area contributed by atoms with Crippen LogP contribution in [0.1, 0.15) is 110 Å². The number of hydrogen-bond acceptors (Lipinski definition) is 15. The van der Waals surface area contributed by atoms with Crippen molar-refractivity contribution in [2.24, 2.45) is 0 Å². The topological polar surface area (TPSA) is 249 Å². The van der Waals surface area contributed by atoms with Crippen molar-refractivity contribution < 1.29 is 72.3 Å². The number of carbonyl (C=O) groups excluding carboxylic acids is 8. The van der Waals surface area contributed by atoms with Crippen LogP contribution < -0.4 is 23.7 Å². The average molecular weight is 1650 g/mol. The SMILES string of the molecule is CCCC(=O)N1C(Cc2ccc(OC)cc2)C(=O)N(C)C1CCc1ccccc1.COc1ccc(CC2C(=O)N(C)C(CCc3ccccc3)N2C(=O)CCC(O)O)cc1.COc1ccc(CC2C(=O)N(C)C(CCc3ccccc3)N2C(=O)COc2ccccc2)cc1.COc1ccc(CC2C(=O)N(C)C(CCc3ccccc3)N2C(C)=O)cc1. The Morgan fingerprint density at radius 2 is 0.570 bits per heavy atom. The highest BCUT2D eigenvalue weighted by Crippen LogP contribution is 2.34. The number of rotatable bonds is 32. The smallest absolute Gasteiger partial charge is 0.262 e.